The third-order valence-corrected chi connectivity index (χ3v) is 2.10. The summed E-state index contributed by atoms with van der Waals surface area (Å²) in [5.74, 6) is 0.973. The van der Waals surface area contributed by atoms with Crippen molar-refractivity contribution < 1.29 is 4.74 Å². The van der Waals surface area contributed by atoms with Crippen LogP contribution in [0.4, 0.5) is 0 Å². The molecule has 0 aliphatic carbocycles. The maximum Gasteiger partial charge on any atom is 0.125 e. The minimum atomic E-state index is 0.973. The number of hydrogen-bond donors (Lipinski definition) is 0. The van der Waals surface area contributed by atoms with Gasteiger partial charge >= 0.3 is 0 Å². The topological polar surface area (TPSA) is 22.1 Å². The van der Waals surface area contributed by atoms with E-state index in [1.165, 1.54) is 18.4 Å². The molecule has 2 nitrogen and oxygen atoms in total. The lowest BCUT2D eigenvalue weighted by atomic mass is 10.1. The van der Waals surface area contributed by atoms with Gasteiger partial charge in [-0.1, -0.05) is 13.3 Å². The van der Waals surface area contributed by atoms with Crippen LogP contribution in [0.15, 0.2) is 12.3 Å². The zero-order chi connectivity index (χ0) is 9.68. The number of aryl methyl sites for hydroxylation is 2. The van der Waals surface area contributed by atoms with Crippen molar-refractivity contribution in [3.05, 3.63) is 23.5 Å². The standard InChI is InChI=1S/C11H17NO/c1-4-5-6-10-8-12-9(2)7-11(10)13-3/h7-8H,4-6H2,1-3H3. The predicted octanol–water partition coefficient (Wildman–Crippen LogP) is 2.74. The summed E-state index contributed by atoms with van der Waals surface area (Å²) in [5.41, 5.74) is 2.23. The number of rotatable bonds is 4. The highest BCUT2D eigenvalue weighted by molar-refractivity contribution is 5.32. The Labute approximate surface area is 80.0 Å². The molecule has 1 rings (SSSR count). The quantitative estimate of drug-likeness (QED) is 0.709. The molecule has 0 N–H and O–H groups in total. The first-order chi connectivity index (χ1) is 6.27. The van der Waals surface area contributed by atoms with Crippen molar-refractivity contribution in [2.45, 2.75) is 33.1 Å². The maximum absolute atomic E-state index is 5.28. The smallest absolute Gasteiger partial charge is 0.125 e. The van der Waals surface area contributed by atoms with Crippen LogP contribution in [0.25, 0.3) is 0 Å². The number of nitrogens with zero attached hydrogens (tertiary/aromatic N) is 1. The van der Waals surface area contributed by atoms with Gasteiger partial charge in [0.15, 0.2) is 0 Å². The Balaban J connectivity index is 2.79. The van der Waals surface area contributed by atoms with Gasteiger partial charge in [0.25, 0.3) is 0 Å². The Kier molecular flexibility index (Phi) is 3.74. The Bertz CT molecular complexity index is 271. The molecular formula is C11H17NO. The lowest BCUT2D eigenvalue weighted by Gasteiger charge is -2.07. The second-order valence-electron chi connectivity index (χ2n) is 3.24. The highest BCUT2D eigenvalue weighted by atomic mass is 16.5. The van der Waals surface area contributed by atoms with Crippen LogP contribution in [0.2, 0.25) is 0 Å². The average molecular weight is 179 g/mol. The summed E-state index contributed by atoms with van der Waals surface area (Å²) >= 11 is 0. The third kappa shape index (κ3) is 2.72. The van der Waals surface area contributed by atoms with Gasteiger partial charge in [-0.05, 0) is 19.8 Å². The molecule has 1 aromatic heterocycles. The van der Waals surface area contributed by atoms with Gasteiger partial charge in [0, 0.05) is 23.5 Å². The first-order valence-corrected chi connectivity index (χ1v) is 4.77. The molecule has 0 amide bonds. The highest BCUT2D eigenvalue weighted by Crippen LogP contribution is 2.19. The fourth-order valence-corrected chi connectivity index (χ4v) is 1.31. The molecule has 0 atom stereocenters. The van der Waals surface area contributed by atoms with Crippen LogP contribution >= 0.6 is 0 Å². The van der Waals surface area contributed by atoms with E-state index in [0.717, 1.165) is 17.9 Å². The van der Waals surface area contributed by atoms with Crippen LogP contribution < -0.4 is 4.74 Å². The lowest BCUT2D eigenvalue weighted by Crippen LogP contribution is -1.95. The van der Waals surface area contributed by atoms with E-state index in [1.807, 2.05) is 19.2 Å². The minimum absolute atomic E-state index is 0.973. The molecule has 2 heteroatoms. The molecule has 72 valence electrons. The Morgan fingerprint density at radius 3 is 2.85 bits per heavy atom. The fourth-order valence-electron chi connectivity index (χ4n) is 1.31. The molecule has 1 heterocycles. The maximum atomic E-state index is 5.28. The SMILES string of the molecule is CCCCc1cnc(C)cc1OC. The van der Waals surface area contributed by atoms with Crippen LogP contribution in [-0.2, 0) is 6.42 Å². The normalized spacial score (nSPS) is 10.1. The fraction of sp³-hybridized carbons (Fsp3) is 0.545. The average Bonchev–Trinajstić information content (AvgIpc) is 2.16. The van der Waals surface area contributed by atoms with E-state index in [9.17, 15) is 0 Å². The van der Waals surface area contributed by atoms with Crippen molar-refractivity contribution in [2.75, 3.05) is 7.11 Å². The van der Waals surface area contributed by atoms with Crippen molar-refractivity contribution in [1.82, 2.24) is 4.98 Å². The molecular weight excluding hydrogens is 162 g/mol. The molecule has 0 unspecified atom stereocenters. The van der Waals surface area contributed by atoms with E-state index in [0.29, 0.717) is 0 Å². The van der Waals surface area contributed by atoms with Crippen molar-refractivity contribution in [2.24, 2.45) is 0 Å². The van der Waals surface area contributed by atoms with Gasteiger partial charge in [-0.3, -0.25) is 4.98 Å². The van der Waals surface area contributed by atoms with Crippen molar-refractivity contribution in [1.29, 1.82) is 0 Å². The van der Waals surface area contributed by atoms with Crippen LogP contribution in [0, 0.1) is 6.92 Å². The van der Waals surface area contributed by atoms with E-state index in [2.05, 4.69) is 11.9 Å². The van der Waals surface area contributed by atoms with E-state index < -0.39 is 0 Å². The molecule has 0 aliphatic heterocycles. The molecule has 1 aromatic rings. The van der Waals surface area contributed by atoms with Gasteiger partial charge in [-0.15, -0.1) is 0 Å². The predicted molar refractivity (Wildman–Crippen MR) is 54.1 cm³/mol. The second-order valence-corrected chi connectivity index (χ2v) is 3.24. The third-order valence-electron chi connectivity index (χ3n) is 2.10. The van der Waals surface area contributed by atoms with E-state index in [-0.39, 0.29) is 0 Å². The van der Waals surface area contributed by atoms with Crippen molar-refractivity contribution in [3.63, 3.8) is 0 Å². The zero-order valence-electron chi connectivity index (χ0n) is 8.63. The second kappa shape index (κ2) is 4.85. The Hall–Kier alpha value is -1.05. The highest BCUT2D eigenvalue weighted by Gasteiger charge is 2.02. The summed E-state index contributed by atoms with van der Waals surface area (Å²) in [6, 6.07) is 1.99. The van der Waals surface area contributed by atoms with Gasteiger partial charge in [-0.2, -0.15) is 0 Å². The largest absolute Gasteiger partial charge is 0.496 e. The summed E-state index contributed by atoms with van der Waals surface area (Å²) in [4.78, 5) is 4.26. The Morgan fingerprint density at radius 1 is 1.46 bits per heavy atom. The van der Waals surface area contributed by atoms with Crippen LogP contribution in [-0.4, -0.2) is 12.1 Å². The number of ether oxygens (including phenoxy) is 1. The van der Waals surface area contributed by atoms with Crippen LogP contribution in [0.5, 0.6) is 5.75 Å². The molecule has 0 spiro atoms. The summed E-state index contributed by atoms with van der Waals surface area (Å²) in [6.07, 6.45) is 5.38. The Morgan fingerprint density at radius 2 is 2.23 bits per heavy atom. The monoisotopic (exact) mass is 179 g/mol. The molecule has 0 aromatic carbocycles. The van der Waals surface area contributed by atoms with Crippen molar-refractivity contribution >= 4 is 0 Å². The molecule has 0 radical (unpaired) electrons. The van der Waals surface area contributed by atoms with Crippen LogP contribution in [0.1, 0.15) is 31.0 Å². The first-order valence-electron chi connectivity index (χ1n) is 4.77. The molecule has 13 heavy (non-hydrogen) atoms. The lowest BCUT2D eigenvalue weighted by molar-refractivity contribution is 0.408. The van der Waals surface area contributed by atoms with E-state index in [1.54, 1.807) is 7.11 Å². The molecule has 0 bridgehead atoms. The molecule has 0 aliphatic rings. The van der Waals surface area contributed by atoms with E-state index in [4.69, 9.17) is 4.74 Å². The first kappa shape index (κ1) is 10.0. The number of hydrogen-bond acceptors (Lipinski definition) is 2. The van der Waals surface area contributed by atoms with Gasteiger partial charge in [0.1, 0.15) is 5.75 Å². The van der Waals surface area contributed by atoms with Gasteiger partial charge < -0.3 is 4.74 Å². The molecule has 0 fully saturated rings. The van der Waals surface area contributed by atoms with Gasteiger partial charge in [-0.25, -0.2) is 0 Å². The van der Waals surface area contributed by atoms with E-state index >= 15 is 0 Å². The molecule has 0 saturated carbocycles. The van der Waals surface area contributed by atoms with Crippen molar-refractivity contribution in [3.8, 4) is 5.75 Å². The molecule has 0 saturated heterocycles. The zero-order valence-corrected chi connectivity index (χ0v) is 8.63. The summed E-state index contributed by atoms with van der Waals surface area (Å²) in [6.45, 7) is 4.17. The summed E-state index contributed by atoms with van der Waals surface area (Å²) in [7, 11) is 1.71. The number of pyridine rings is 1. The van der Waals surface area contributed by atoms with Gasteiger partial charge in [0.2, 0.25) is 0 Å². The number of aromatic nitrogens is 1. The van der Waals surface area contributed by atoms with Crippen LogP contribution in [0.3, 0.4) is 0 Å². The summed E-state index contributed by atoms with van der Waals surface area (Å²) < 4.78 is 5.28. The number of methoxy groups -OCH3 is 1. The number of unbranched alkanes of at least 4 members (excludes halogenated alkanes) is 1. The minimum Gasteiger partial charge on any atom is -0.496 e. The van der Waals surface area contributed by atoms with Gasteiger partial charge in [0.05, 0.1) is 7.11 Å². The summed E-state index contributed by atoms with van der Waals surface area (Å²) in [5, 5.41) is 0.